The Bertz CT molecular complexity index is 1340. The van der Waals surface area contributed by atoms with Crippen LogP contribution in [-0.2, 0) is 19.6 Å². The number of hydrogen-bond donors (Lipinski definition) is 1. The summed E-state index contributed by atoms with van der Waals surface area (Å²) >= 11 is 0. The van der Waals surface area contributed by atoms with Crippen LogP contribution in [0, 0.1) is 6.92 Å². The number of nitrogens with zero attached hydrogens (tertiary/aromatic N) is 1. The minimum absolute atomic E-state index is 0.0604. The van der Waals surface area contributed by atoms with Gasteiger partial charge in [0.15, 0.2) is 12.4 Å². The molecule has 0 bridgehead atoms. The molecule has 1 aromatic heterocycles. The molecule has 0 aliphatic heterocycles. The minimum Gasteiger partial charge on any atom is -0.450 e. The second kappa shape index (κ2) is 10.0. The zero-order valence-corrected chi connectivity index (χ0v) is 19.9. The third-order valence-corrected chi connectivity index (χ3v) is 6.91. The van der Waals surface area contributed by atoms with Crippen LogP contribution in [0.3, 0.4) is 0 Å². The molecule has 0 saturated carbocycles. The van der Waals surface area contributed by atoms with E-state index in [9.17, 15) is 22.8 Å². The third-order valence-electron chi connectivity index (χ3n) is 4.95. The number of Topliss-reactive ketones (excluding diaryl/α,β-unsaturated/α-hetero) is 1. The predicted octanol–water partition coefficient (Wildman–Crippen LogP) is 3.50. The molecule has 0 aliphatic carbocycles. The number of benzene rings is 2. The lowest BCUT2D eigenvalue weighted by molar-refractivity contribution is -0.119. The summed E-state index contributed by atoms with van der Waals surface area (Å²) in [6, 6.07) is 14.2. The molecule has 0 unspecified atom stereocenters. The van der Waals surface area contributed by atoms with Gasteiger partial charge in [0.25, 0.3) is 5.91 Å². The lowest BCUT2D eigenvalue weighted by atomic mass is 10.1. The molecule has 0 saturated heterocycles. The third kappa shape index (κ3) is 5.59. The zero-order valence-electron chi connectivity index (χ0n) is 19.1. The smallest absolute Gasteiger partial charge is 0.374 e. The second-order valence-corrected chi connectivity index (χ2v) is 9.81. The summed E-state index contributed by atoms with van der Waals surface area (Å²) in [7, 11) is -0.853. The van der Waals surface area contributed by atoms with E-state index < -0.39 is 28.5 Å². The second-order valence-electron chi connectivity index (χ2n) is 7.69. The number of ketones is 1. The lowest BCUT2D eigenvalue weighted by Crippen LogP contribution is -2.24. The molecule has 1 heterocycles. The molecule has 0 spiro atoms. The summed E-state index contributed by atoms with van der Waals surface area (Å²) in [5.41, 5.74) is 2.01. The molecule has 1 N–H and O–H groups in total. The van der Waals surface area contributed by atoms with Gasteiger partial charge in [-0.1, -0.05) is 30.3 Å². The molecule has 0 radical (unpaired) electrons. The van der Waals surface area contributed by atoms with Gasteiger partial charge >= 0.3 is 5.97 Å². The number of sulfonamides is 1. The van der Waals surface area contributed by atoms with Gasteiger partial charge in [0, 0.05) is 30.9 Å². The monoisotopic (exact) mass is 484 g/mol. The van der Waals surface area contributed by atoms with Gasteiger partial charge in [0.05, 0.1) is 4.90 Å². The van der Waals surface area contributed by atoms with Crippen LogP contribution in [0.4, 0.5) is 5.69 Å². The molecule has 34 heavy (non-hydrogen) atoms. The topological polar surface area (TPSA) is 123 Å². The van der Waals surface area contributed by atoms with Crippen LogP contribution in [0.25, 0.3) is 11.3 Å². The Morgan fingerprint density at radius 1 is 1.00 bits per heavy atom. The first kappa shape index (κ1) is 24.9. The van der Waals surface area contributed by atoms with E-state index in [1.807, 2.05) is 0 Å². The van der Waals surface area contributed by atoms with E-state index in [4.69, 9.17) is 9.15 Å². The zero-order chi connectivity index (χ0) is 25.0. The Morgan fingerprint density at radius 3 is 2.29 bits per heavy atom. The quantitative estimate of drug-likeness (QED) is 0.383. The van der Waals surface area contributed by atoms with Crippen LogP contribution in [0.5, 0.6) is 0 Å². The van der Waals surface area contributed by atoms with Crippen molar-refractivity contribution in [3.63, 3.8) is 0 Å². The largest absolute Gasteiger partial charge is 0.450 e. The molecule has 2 aromatic carbocycles. The van der Waals surface area contributed by atoms with E-state index in [2.05, 4.69) is 5.32 Å². The fraction of sp³-hybridized carbons (Fsp3) is 0.208. The van der Waals surface area contributed by atoms with Crippen LogP contribution >= 0.6 is 0 Å². The Hall–Kier alpha value is -3.76. The van der Waals surface area contributed by atoms with Crippen LogP contribution in [0.1, 0.15) is 33.4 Å². The maximum Gasteiger partial charge on any atom is 0.374 e. The van der Waals surface area contributed by atoms with Gasteiger partial charge in [-0.15, -0.1) is 0 Å². The molecule has 3 aromatic rings. The van der Waals surface area contributed by atoms with Crippen molar-refractivity contribution in [3.05, 3.63) is 71.5 Å². The maximum atomic E-state index is 12.4. The van der Waals surface area contributed by atoms with Crippen molar-refractivity contribution >= 4 is 33.4 Å². The fourth-order valence-electron chi connectivity index (χ4n) is 3.02. The van der Waals surface area contributed by atoms with Crippen LogP contribution in [0.15, 0.2) is 63.9 Å². The summed E-state index contributed by atoms with van der Waals surface area (Å²) in [6.07, 6.45) is 0. The van der Waals surface area contributed by atoms with E-state index in [0.717, 1.165) is 4.31 Å². The van der Waals surface area contributed by atoms with Crippen molar-refractivity contribution < 1.29 is 32.0 Å². The molecule has 3 rings (SSSR count). The van der Waals surface area contributed by atoms with Crippen molar-refractivity contribution in [2.45, 2.75) is 18.7 Å². The van der Waals surface area contributed by atoms with Gasteiger partial charge in [0.1, 0.15) is 5.76 Å². The summed E-state index contributed by atoms with van der Waals surface area (Å²) in [5, 5.41) is 2.52. The molecule has 0 fully saturated rings. The predicted molar refractivity (Wildman–Crippen MR) is 125 cm³/mol. The van der Waals surface area contributed by atoms with Crippen LogP contribution in [-0.4, -0.2) is 51.1 Å². The molecule has 0 atom stereocenters. The average molecular weight is 485 g/mol. The number of ether oxygens (including phenoxy) is 1. The molecule has 10 heteroatoms. The van der Waals surface area contributed by atoms with Gasteiger partial charge in [-0.2, -0.15) is 0 Å². The van der Waals surface area contributed by atoms with Crippen LogP contribution < -0.4 is 5.32 Å². The van der Waals surface area contributed by atoms with Crippen LogP contribution in [0.2, 0.25) is 0 Å². The number of nitrogens with one attached hydrogen (secondary N) is 1. The number of rotatable bonds is 8. The van der Waals surface area contributed by atoms with E-state index in [-0.39, 0.29) is 22.1 Å². The Kier molecular flexibility index (Phi) is 7.33. The van der Waals surface area contributed by atoms with Crippen molar-refractivity contribution in [2.75, 3.05) is 26.0 Å². The highest BCUT2D eigenvalue weighted by molar-refractivity contribution is 7.89. The number of carbonyl (C=O) groups is 3. The Morgan fingerprint density at radius 2 is 1.68 bits per heavy atom. The SMILES string of the molecule is CC(=O)c1ccc(-c2ccc(C(=O)OCC(=O)Nc3ccc(C)c(S(=O)(=O)N(C)C)c3)o2)cc1. The number of furan rings is 1. The Balaban J connectivity index is 1.62. The summed E-state index contributed by atoms with van der Waals surface area (Å²) in [4.78, 5) is 36.0. The first-order valence-electron chi connectivity index (χ1n) is 10.2. The minimum atomic E-state index is -3.69. The van der Waals surface area contributed by atoms with Gasteiger partial charge < -0.3 is 14.5 Å². The highest BCUT2D eigenvalue weighted by atomic mass is 32.2. The summed E-state index contributed by atoms with van der Waals surface area (Å²) in [6.45, 7) is 2.53. The number of aryl methyl sites for hydroxylation is 1. The van der Waals surface area contributed by atoms with E-state index >= 15 is 0 Å². The molecule has 9 nitrogen and oxygen atoms in total. The standard InChI is InChI=1S/C24H24N2O7S/c1-15-5-10-19(13-22(15)34(30,31)26(3)4)25-23(28)14-32-24(29)21-12-11-20(33-21)18-8-6-17(7-9-18)16(2)27/h5-13H,14H2,1-4H3,(H,25,28). The highest BCUT2D eigenvalue weighted by Gasteiger charge is 2.21. The Labute approximate surface area is 197 Å². The van der Waals surface area contributed by atoms with Gasteiger partial charge in [-0.05, 0) is 43.7 Å². The first-order chi connectivity index (χ1) is 16.0. The summed E-state index contributed by atoms with van der Waals surface area (Å²) < 4.78 is 36.5. The van der Waals surface area contributed by atoms with Crippen molar-refractivity contribution in [2.24, 2.45) is 0 Å². The van der Waals surface area contributed by atoms with E-state index in [0.29, 0.717) is 22.5 Å². The van der Waals surface area contributed by atoms with Gasteiger partial charge in [-0.25, -0.2) is 17.5 Å². The summed E-state index contributed by atoms with van der Waals surface area (Å²) in [5.74, 6) is -1.22. The molecular formula is C24H24N2O7S. The number of carbonyl (C=O) groups excluding carboxylic acids is 3. The number of hydrogen-bond acceptors (Lipinski definition) is 7. The molecule has 178 valence electrons. The lowest BCUT2D eigenvalue weighted by Gasteiger charge is -2.15. The molecular weight excluding hydrogens is 460 g/mol. The normalized spacial score (nSPS) is 11.3. The highest BCUT2D eigenvalue weighted by Crippen LogP contribution is 2.24. The number of amides is 1. The molecule has 1 amide bonds. The van der Waals surface area contributed by atoms with Crippen molar-refractivity contribution in [1.82, 2.24) is 4.31 Å². The van der Waals surface area contributed by atoms with E-state index in [1.165, 1.54) is 33.2 Å². The maximum absolute atomic E-state index is 12.4. The van der Waals surface area contributed by atoms with Crippen molar-refractivity contribution in [3.8, 4) is 11.3 Å². The van der Waals surface area contributed by atoms with Gasteiger partial charge in [0.2, 0.25) is 15.8 Å². The number of esters is 1. The van der Waals surface area contributed by atoms with E-state index in [1.54, 1.807) is 49.4 Å². The first-order valence-corrected chi connectivity index (χ1v) is 11.6. The molecule has 0 aliphatic rings. The fourth-order valence-corrected chi connectivity index (χ4v) is 4.17. The van der Waals surface area contributed by atoms with Gasteiger partial charge in [-0.3, -0.25) is 9.59 Å². The number of anilines is 1. The average Bonchev–Trinajstić information content (AvgIpc) is 3.29. The van der Waals surface area contributed by atoms with Crippen molar-refractivity contribution in [1.29, 1.82) is 0 Å².